The highest BCUT2D eigenvalue weighted by Crippen LogP contribution is 2.34. The van der Waals surface area contributed by atoms with Crippen LogP contribution in [0.5, 0.6) is 0 Å². The Labute approximate surface area is 165 Å². The third-order valence-electron chi connectivity index (χ3n) is 4.61. The number of aromatic carboxylic acids is 1. The summed E-state index contributed by atoms with van der Waals surface area (Å²) in [4.78, 5) is 30.2. The average molecular weight is 391 g/mol. The van der Waals surface area contributed by atoms with Crippen molar-refractivity contribution in [2.45, 2.75) is 0 Å². The number of amides is 1. The van der Waals surface area contributed by atoms with Gasteiger partial charge in [-0.25, -0.2) is 4.79 Å². The highest BCUT2D eigenvalue weighted by Gasteiger charge is 2.27. The largest absolute Gasteiger partial charge is 0.478 e. The predicted molar refractivity (Wildman–Crippen MR) is 113 cm³/mol. The number of carboxylic acid groups (broad SMARTS) is 1. The number of carbonyl (C=O) groups excluding carboxylic acids is 1. The van der Waals surface area contributed by atoms with E-state index in [1.165, 1.54) is 17.8 Å². The van der Waals surface area contributed by atoms with E-state index in [9.17, 15) is 14.7 Å². The highest BCUT2D eigenvalue weighted by molar-refractivity contribution is 8.18. The quantitative estimate of drug-likeness (QED) is 0.684. The summed E-state index contributed by atoms with van der Waals surface area (Å²) in [5.41, 5.74) is 2.67. The number of thioether (sulfide) groups is 1. The second-order valence-corrected chi connectivity index (χ2v) is 7.41. The Bertz CT molecular complexity index is 1180. The number of para-hydroxylation sites is 2. The molecule has 0 aliphatic carbocycles. The molecule has 1 aromatic heterocycles. The molecule has 0 saturated carbocycles. The number of carboxylic acids is 1. The zero-order valence-electron chi connectivity index (χ0n) is 15.3. The lowest BCUT2D eigenvalue weighted by Gasteiger charge is -2.19. The number of rotatable bonds is 3. The minimum absolute atomic E-state index is 0.159. The van der Waals surface area contributed by atoms with Crippen LogP contribution >= 0.6 is 11.8 Å². The number of amidine groups is 1. The van der Waals surface area contributed by atoms with Gasteiger partial charge in [0, 0.05) is 36.8 Å². The lowest BCUT2D eigenvalue weighted by Crippen LogP contribution is -2.24. The molecule has 7 heteroatoms. The maximum Gasteiger partial charge on any atom is 0.337 e. The number of aromatic nitrogens is 1. The van der Waals surface area contributed by atoms with Crippen LogP contribution in [0.25, 0.3) is 17.0 Å². The molecule has 0 unspecified atom stereocenters. The van der Waals surface area contributed by atoms with Crippen molar-refractivity contribution in [3.63, 3.8) is 0 Å². The van der Waals surface area contributed by atoms with Crippen LogP contribution in [0.2, 0.25) is 0 Å². The molecule has 1 aliphatic heterocycles. The van der Waals surface area contributed by atoms with Crippen molar-refractivity contribution in [3.05, 3.63) is 70.8 Å². The first-order chi connectivity index (χ1) is 13.5. The molecule has 0 radical (unpaired) electrons. The van der Waals surface area contributed by atoms with Crippen LogP contribution in [0.3, 0.4) is 0 Å². The van der Waals surface area contributed by atoms with E-state index in [2.05, 4.69) is 4.99 Å². The molecule has 0 saturated heterocycles. The second-order valence-electron chi connectivity index (χ2n) is 6.40. The van der Waals surface area contributed by atoms with Crippen LogP contribution in [0.4, 0.5) is 5.69 Å². The van der Waals surface area contributed by atoms with Crippen LogP contribution in [0.1, 0.15) is 15.9 Å². The van der Waals surface area contributed by atoms with Crippen LogP contribution < -0.4 is 4.90 Å². The van der Waals surface area contributed by atoms with Gasteiger partial charge >= 0.3 is 5.97 Å². The first-order valence-corrected chi connectivity index (χ1v) is 9.40. The summed E-state index contributed by atoms with van der Waals surface area (Å²) in [5.74, 6) is -1.35. The molecular weight excluding hydrogens is 374 g/mol. The normalized spacial score (nSPS) is 15.3. The monoisotopic (exact) mass is 391 g/mol. The Balaban J connectivity index is 1.66. The van der Waals surface area contributed by atoms with Gasteiger partial charge in [0.15, 0.2) is 5.17 Å². The fraction of sp³-hybridized carbons (Fsp3) is 0.0952. The fourth-order valence-corrected chi connectivity index (χ4v) is 4.10. The Hall–Kier alpha value is -3.32. The van der Waals surface area contributed by atoms with E-state index in [4.69, 9.17) is 0 Å². The zero-order chi connectivity index (χ0) is 19.8. The van der Waals surface area contributed by atoms with E-state index in [-0.39, 0.29) is 11.5 Å². The van der Waals surface area contributed by atoms with Gasteiger partial charge in [-0.1, -0.05) is 30.3 Å². The summed E-state index contributed by atoms with van der Waals surface area (Å²) in [6.07, 6.45) is 3.82. The molecule has 3 aromatic rings. The number of aliphatic imine (C=N–C) groups is 1. The molecule has 0 spiro atoms. The van der Waals surface area contributed by atoms with E-state index in [0.29, 0.717) is 15.8 Å². The molecule has 2 aromatic carbocycles. The van der Waals surface area contributed by atoms with Gasteiger partial charge in [0.2, 0.25) is 0 Å². The van der Waals surface area contributed by atoms with Crippen LogP contribution in [0, 0.1) is 0 Å². The first kappa shape index (κ1) is 18.1. The van der Waals surface area contributed by atoms with Gasteiger partial charge in [0.1, 0.15) is 0 Å². The maximum atomic E-state index is 12.5. The van der Waals surface area contributed by atoms with Crippen molar-refractivity contribution in [2.75, 3.05) is 11.9 Å². The van der Waals surface area contributed by atoms with Crippen molar-refractivity contribution in [1.29, 1.82) is 0 Å². The molecule has 0 bridgehead atoms. The Morgan fingerprint density at radius 2 is 1.89 bits per heavy atom. The van der Waals surface area contributed by atoms with Crippen molar-refractivity contribution < 1.29 is 14.7 Å². The third-order valence-corrected chi connectivity index (χ3v) is 5.67. The highest BCUT2D eigenvalue weighted by atomic mass is 32.2. The Kier molecular flexibility index (Phi) is 4.52. The SMILES string of the molecule is CN(C1=NC(=O)/C(=C/c2cn(C)c3ccccc23)S1)c1ccccc1C(=O)O. The molecular formula is C21H17N3O3S. The molecule has 1 N–H and O–H groups in total. The first-order valence-electron chi connectivity index (χ1n) is 8.58. The van der Waals surface area contributed by atoms with E-state index in [1.54, 1.807) is 30.1 Å². The van der Waals surface area contributed by atoms with Gasteiger partial charge in [-0.05, 0) is 36.0 Å². The van der Waals surface area contributed by atoms with Crippen molar-refractivity contribution in [2.24, 2.45) is 12.0 Å². The van der Waals surface area contributed by atoms with Gasteiger partial charge in [0.05, 0.1) is 16.2 Å². The number of benzene rings is 2. The summed E-state index contributed by atoms with van der Waals surface area (Å²) in [7, 11) is 3.67. The van der Waals surface area contributed by atoms with Gasteiger partial charge in [-0.2, -0.15) is 4.99 Å². The lowest BCUT2D eigenvalue weighted by atomic mass is 10.1. The number of hydrogen-bond acceptors (Lipinski definition) is 4. The predicted octanol–water partition coefficient (Wildman–Crippen LogP) is 3.98. The van der Waals surface area contributed by atoms with E-state index in [0.717, 1.165) is 16.5 Å². The standard InChI is InChI=1S/C21H17N3O3S/c1-23-12-13(14-7-3-5-9-16(14)23)11-18-19(25)22-21(28-18)24(2)17-10-6-4-8-15(17)20(26)27/h3-12H,1-2H3,(H,26,27)/b18-11-. The Morgan fingerprint density at radius 1 is 1.18 bits per heavy atom. The summed E-state index contributed by atoms with van der Waals surface area (Å²) in [6.45, 7) is 0. The van der Waals surface area contributed by atoms with Gasteiger partial charge in [-0.3, -0.25) is 4.79 Å². The average Bonchev–Trinajstić information content (AvgIpc) is 3.22. The summed E-state index contributed by atoms with van der Waals surface area (Å²) >= 11 is 1.24. The molecule has 2 heterocycles. The van der Waals surface area contributed by atoms with Crippen molar-refractivity contribution in [3.8, 4) is 0 Å². The molecule has 4 rings (SSSR count). The minimum Gasteiger partial charge on any atom is -0.478 e. The molecule has 0 atom stereocenters. The molecule has 1 aliphatic rings. The van der Waals surface area contributed by atoms with Crippen LogP contribution in [-0.4, -0.2) is 33.8 Å². The van der Waals surface area contributed by atoms with Crippen LogP contribution in [-0.2, 0) is 11.8 Å². The van der Waals surface area contributed by atoms with Crippen molar-refractivity contribution >= 4 is 51.5 Å². The second kappa shape index (κ2) is 7.01. The van der Waals surface area contributed by atoms with E-state index in [1.807, 2.05) is 48.2 Å². The van der Waals surface area contributed by atoms with Gasteiger partial charge in [0.25, 0.3) is 5.91 Å². The summed E-state index contributed by atoms with van der Waals surface area (Å²) in [5, 5.41) is 10.9. The Morgan fingerprint density at radius 3 is 2.68 bits per heavy atom. The van der Waals surface area contributed by atoms with Crippen LogP contribution in [0.15, 0.2) is 64.6 Å². The van der Waals surface area contributed by atoms with E-state index >= 15 is 0 Å². The third kappa shape index (κ3) is 3.10. The van der Waals surface area contributed by atoms with Gasteiger partial charge < -0.3 is 14.6 Å². The number of anilines is 1. The molecule has 140 valence electrons. The number of carbonyl (C=O) groups is 2. The maximum absolute atomic E-state index is 12.5. The smallest absolute Gasteiger partial charge is 0.337 e. The minimum atomic E-state index is -1.02. The summed E-state index contributed by atoms with van der Waals surface area (Å²) in [6, 6.07) is 14.6. The lowest BCUT2D eigenvalue weighted by molar-refractivity contribution is -0.113. The molecule has 1 amide bonds. The van der Waals surface area contributed by atoms with E-state index < -0.39 is 5.97 Å². The number of aryl methyl sites for hydroxylation is 1. The van der Waals surface area contributed by atoms with Gasteiger partial charge in [-0.15, -0.1) is 0 Å². The zero-order valence-corrected chi connectivity index (χ0v) is 16.1. The number of nitrogens with zero attached hydrogens (tertiary/aromatic N) is 3. The number of hydrogen-bond donors (Lipinski definition) is 1. The summed E-state index contributed by atoms with van der Waals surface area (Å²) < 4.78 is 2.02. The molecule has 28 heavy (non-hydrogen) atoms. The molecule has 0 fully saturated rings. The van der Waals surface area contributed by atoms with Crippen molar-refractivity contribution in [1.82, 2.24) is 4.57 Å². The molecule has 6 nitrogen and oxygen atoms in total. The topological polar surface area (TPSA) is 74.9 Å². The fourth-order valence-electron chi connectivity index (χ4n) is 3.22. The number of fused-ring (bicyclic) bond motifs is 1.